The summed E-state index contributed by atoms with van der Waals surface area (Å²) in [5.41, 5.74) is 0.180. The molecule has 0 aliphatic carbocycles. The fraction of sp³-hybridized carbons (Fsp3) is 0.375. The first-order chi connectivity index (χ1) is 12.7. The second-order valence-electron chi connectivity index (χ2n) is 6.11. The molecule has 2 aromatic rings. The van der Waals surface area contributed by atoms with Gasteiger partial charge >= 0.3 is 0 Å². The van der Waals surface area contributed by atoms with Crippen LogP contribution in [0.2, 0.25) is 0 Å². The smallest absolute Gasteiger partial charge is 0.295 e. The van der Waals surface area contributed by atoms with Crippen LogP contribution in [0.3, 0.4) is 0 Å². The van der Waals surface area contributed by atoms with Gasteiger partial charge in [0.25, 0.3) is 10.1 Å². The third-order valence-corrected chi connectivity index (χ3v) is 4.96. The lowest BCUT2D eigenvalue weighted by atomic mass is 10.1. The first kappa shape index (κ1) is 19.6. The van der Waals surface area contributed by atoms with Gasteiger partial charge in [-0.2, -0.15) is 8.42 Å². The lowest BCUT2D eigenvalue weighted by molar-refractivity contribution is -0.254. The molecule has 0 saturated carbocycles. The molecule has 1 aliphatic heterocycles. The molecule has 1 aliphatic rings. The van der Waals surface area contributed by atoms with Crippen LogP contribution in [0.25, 0.3) is 11.3 Å². The van der Waals surface area contributed by atoms with E-state index in [0.717, 1.165) is 11.1 Å². The van der Waals surface area contributed by atoms with Crippen LogP contribution in [0.15, 0.2) is 36.8 Å². The van der Waals surface area contributed by atoms with Crippen LogP contribution < -0.4 is 4.74 Å². The minimum atomic E-state index is -4.85. The molecule has 1 saturated heterocycles. The standard InChI is InChI=1S/C16H18N2O8S/c1-8-4-9(6-17-5-8)11-3-2-10(7-18-11)25-15-13(20)12(19)14(21)16(26-15)27(22,23)24/h2-7,12-16,19-21H,1H3,(H,22,23,24)/t12-,13-,14+,15-,16?/m1/s1. The highest BCUT2D eigenvalue weighted by Crippen LogP contribution is 2.27. The van der Waals surface area contributed by atoms with E-state index in [1.54, 1.807) is 18.5 Å². The van der Waals surface area contributed by atoms with E-state index in [2.05, 4.69) is 9.97 Å². The van der Waals surface area contributed by atoms with Gasteiger partial charge in [-0.25, -0.2) is 0 Å². The number of pyridine rings is 2. The molecule has 4 N–H and O–H groups in total. The van der Waals surface area contributed by atoms with Crippen molar-refractivity contribution in [2.24, 2.45) is 0 Å². The summed E-state index contributed by atoms with van der Waals surface area (Å²) in [5.74, 6) is 0.112. The van der Waals surface area contributed by atoms with E-state index in [1.165, 1.54) is 12.3 Å². The number of aliphatic hydroxyl groups excluding tert-OH is 3. The molecule has 0 bridgehead atoms. The van der Waals surface area contributed by atoms with Gasteiger partial charge in [-0.05, 0) is 30.7 Å². The molecule has 0 aromatic carbocycles. The van der Waals surface area contributed by atoms with Gasteiger partial charge in [-0.3, -0.25) is 14.5 Å². The first-order valence-electron chi connectivity index (χ1n) is 7.87. The third kappa shape index (κ3) is 4.24. The number of ether oxygens (including phenoxy) is 2. The van der Waals surface area contributed by atoms with E-state index in [9.17, 15) is 23.7 Å². The summed E-state index contributed by atoms with van der Waals surface area (Å²) >= 11 is 0. The lowest BCUT2D eigenvalue weighted by Crippen LogP contribution is -2.61. The number of aliphatic hydroxyl groups is 3. The average molecular weight is 398 g/mol. The second-order valence-corrected chi connectivity index (χ2v) is 7.60. The van der Waals surface area contributed by atoms with Crippen molar-refractivity contribution in [2.75, 3.05) is 0 Å². The molecule has 0 amide bonds. The van der Waals surface area contributed by atoms with Crippen LogP contribution >= 0.6 is 0 Å². The maximum Gasteiger partial charge on any atom is 0.295 e. The summed E-state index contributed by atoms with van der Waals surface area (Å²) in [6, 6.07) is 5.01. The maximum absolute atomic E-state index is 11.3. The molecule has 11 heteroatoms. The van der Waals surface area contributed by atoms with Gasteiger partial charge in [0, 0.05) is 18.0 Å². The van der Waals surface area contributed by atoms with Crippen molar-refractivity contribution in [3.05, 3.63) is 42.4 Å². The Kier molecular flexibility index (Phi) is 5.42. The van der Waals surface area contributed by atoms with E-state index in [0.29, 0.717) is 5.69 Å². The Morgan fingerprint density at radius 3 is 2.41 bits per heavy atom. The summed E-state index contributed by atoms with van der Waals surface area (Å²) < 4.78 is 41.9. The quantitative estimate of drug-likeness (QED) is 0.494. The molecule has 1 unspecified atom stereocenters. The van der Waals surface area contributed by atoms with Crippen LogP contribution in [0.1, 0.15) is 5.56 Å². The van der Waals surface area contributed by atoms with Gasteiger partial charge in [0.1, 0.15) is 24.1 Å². The van der Waals surface area contributed by atoms with E-state index in [4.69, 9.17) is 14.0 Å². The van der Waals surface area contributed by atoms with Gasteiger partial charge in [-0.15, -0.1) is 0 Å². The predicted molar refractivity (Wildman–Crippen MR) is 91.1 cm³/mol. The van der Waals surface area contributed by atoms with Crippen molar-refractivity contribution in [3.63, 3.8) is 0 Å². The molecular formula is C16H18N2O8S. The molecule has 0 radical (unpaired) electrons. The zero-order valence-corrected chi connectivity index (χ0v) is 14.9. The number of hydrogen-bond acceptors (Lipinski definition) is 9. The summed E-state index contributed by atoms with van der Waals surface area (Å²) in [7, 11) is -4.85. The largest absolute Gasteiger partial charge is 0.460 e. The van der Waals surface area contributed by atoms with Crippen LogP contribution in [0.4, 0.5) is 0 Å². The molecule has 1 fully saturated rings. The van der Waals surface area contributed by atoms with Gasteiger partial charge in [-0.1, -0.05) is 0 Å². The van der Waals surface area contributed by atoms with Gasteiger partial charge in [0.15, 0.2) is 0 Å². The molecule has 10 nitrogen and oxygen atoms in total. The minimum absolute atomic E-state index is 0.112. The number of hydrogen-bond donors (Lipinski definition) is 4. The molecule has 2 aromatic heterocycles. The van der Waals surface area contributed by atoms with Crippen LogP contribution in [-0.2, 0) is 14.9 Å². The normalized spacial score (nSPS) is 28.7. The van der Waals surface area contributed by atoms with Crippen molar-refractivity contribution in [1.29, 1.82) is 0 Å². The summed E-state index contributed by atoms with van der Waals surface area (Å²) in [5, 5.41) is 29.4. The van der Waals surface area contributed by atoms with Crippen molar-refractivity contribution in [3.8, 4) is 17.0 Å². The highest BCUT2D eigenvalue weighted by molar-refractivity contribution is 7.86. The number of nitrogens with zero attached hydrogens (tertiary/aromatic N) is 2. The van der Waals surface area contributed by atoms with Gasteiger partial charge < -0.3 is 24.8 Å². The van der Waals surface area contributed by atoms with Gasteiger partial charge in [0.05, 0.1) is 11.9 Å². The zero-order chi connectivity index (χ0) is 19.8. The van der Waals surface area contributed by atoms with E-state index in [1.807, 2.05) is 13.0 Å². The molecule has 146 valence electrons. The Balaban J connectivity index is 1.78. The second kappa shape index (κ2) is 7.46. The van der Waals surface area contributed by atoms with Crippen LogP contribution in [0.5, 0.6) is 5.75 Å². The molecule has 3 rings (SSSR count). The summed E-state index contributed by atoms with van der Waals surface area (Å²) in [6.45, 7) is 1.89. The number of aryl methyl sites for hydroxylation is 1. The summed E-state index contributed by atoms with van der Waals surface area (Å²) in [6.07, 6.45) is -2.69. The Labute approximate surface area is 154 Å². The zero-order valence-electron chi connectivity index (χ0n) is 14.1. The Morgan fingerprint density at radius 2 is 1.81 bits per heavy atom. The van der Waals surface area contributed by atoms with E-state index in [-0.39, 0.29) is 5.75 Å². The fourth-order valence-corrected chi connectivity index (χ4v) is 3.37. The SMILES string of the molecule is Cc1cncc(-c2ccc(O[C@@H]3OC(S(=O)(=O)O)[C@@H](O)[C@H](O)[C@H]3O)cn2)c1. The maximum atomic E-state index is 11.3. The first-order valence-corrected chi connectivity index (χ1v) is 9.38. The Hall–Kier alpha value is -2.15. The van der Waals surface area contributed by atoms with Crippen molar-refractivity contribution >= 4 is 10.1 Å². The topological polar surface area (TPSA) is 159 Å². The molecule has 3 heterocycles. The van der Waals surface area contributed by atoms with E-state index >= 15 is 0 Å². The van der Waals surface area contributed by atoms with Crippen molar-refractivity contribution in [1.82, 2.24) is 9.97 Å². The number of rotatable bonds is 4. The van der Waals surface area contributed by atoms with Gasteiger partial charge in [0.2, 0.25) is 11.7 Å². The highest BCUT2D eigenvalue weighted by Gasteiger charge is 2.50. The molecular weight excluding hydrogens is 380 g/mol. The van der Waals surface area contributed by atoms with Crippen molar-refractivity contribution in [2.45, 2.75) is 37.0 Å². The Morgan fingerprint density at radius 1 is 1.07 bits per heavy atom. The summed E-state index contributed by atoms with van der Waals surface area (Å²) in [4.78, 5) is 8.28. The Bertz CT molecular complexity index is 905. The minimum Gasteiger partial charge on any atom is -0.460 e. The third-order valence-electron chi connectivity index (χ3n) is 3.98. The highest BCUT2D eigenvalue weighted by atomic mass is 32.2. The average Bonchev–Trinajstić information content (AvgIpc) is 2.62. The molecule has 27 heavy (non-hydrogen) atoms. The van der Waals surface area contributed by atoms with Crippen molar-refractivity contribution < 1.29 is 37.8 Å². The lowest BCUT2D eigenvalue weighted by Gasteiger charge is -2.38. The van der Waals surface area contributed by atoms with Crippen LogP contribution in [-0.4, -0.2) is 68.3 Å². The molecule has 5 atom stereocenters. The molecule has 0 spiro atoms. The predicted octanol–water partition coefficient (Wildman–Crippen LogP) is -0.516. The fourth-order valence-electron chi connectivity index (χ4n) is 2.61. The van der Waals surface area contributed by atoms with Crippen LogP contribution in [0, 0.1) is 6.92 Å². The van der Waals surface area contributed by atoms with E-state index < -0.39 is 40.2 Å². The number of aromatic nitrogens is 2. The monoisotopic (exact) mass is 398 g/mol.